The Hall–Kier alpha value is -1.26. The number of carbonyl (C=O) groups is 2. The van der Waals surface area contributed by atoms with Gasteiger partial charge >= 0.3 is 6.03 Å². The van der Waals surface area contributed by atoms with E-state index in [1.165, 1.54) is 25.7 Å². The third-order valence-electron chi connectivity index (χ3n) is 4.37. The van der Waals surface area contributed by atoms with Crippen LogP contribution in [0.1, 0.15) is 51.4 Å². The van der Waals surface area contributed by atoms with Gasteiger partial charge in [0.1, 0.15) is 0 Å². The van der Waals surface area contributed by atoms with Crippen molar-refractivity contribution in [2.75, 3.05) is 26.2 Å². The summed E-state index contributed by atoms with van der Waals surface area (Å²) in [5.74, 6) is 1.07. The van der Waals surface area contributed by atoms with Crippen LogP contribution in [0.25, 0.3) is 0 Å². The molecule has 20 heavy (non-hydrogen) atoms. The van der Waals surface area contributed by atoms with Crippen LogP contribution < -0.4 is 10.6 Å². The predicted molar refractivity (Wildman–Crippen MR) is 78.4 cm³/mol. The molecule has 0 spiro atoms. The highest BCUT2D eigenvalue weighted by molar-refractivity contribution is 5.78. The Morgan fingerprint density at radius 3 is 2.60 bits per heavy atom. The number of urea groups is 1. The van der Waals surface area contributed by atoms with E-state index >= 15 is 0 Å². The standard InChI is InChI=1S/C15H27N3O2/c19-14-7-3-11-18(14)12-4-9-16-15(20)17-10-8-13-5-1-2-6-13/h13H,1-12H2,(H2,16,17,20). The third kappa shape index (κ3) is 5.02. The number of amides is 3. The van der Waals surface area contributed by atoms with Crippen molar-refractivity contribution in [2.24, 2.45) is 5.92 Å². The Balaban J connectivity index is 1.44. The van der Waals surface area contributed by atoms with Crippen LogP contribution in [-0.2, 0) is 4.79 Å². The van der Waals surface area contributed by atoms with E-state index < -0.39 is 0 Å². The van der Waals surface area contributed by atoms with Gasteiger partial charge in [-0.05, 0) is 25.2 Å². The molecule has 1 saturated heterocycles. The average molecular weight is 281 g/mol. The van der Waals surface area contributed by atoms with Gasteiger partial charge in [0.05, 0.1) is 0 Å². The van der Waals surface area contributed by atoms with Gasteiger partial charge in [-0.15, -0.1) is 0 Å². The molecule has 1 aliphatic carbocycles. The highest BCUT2D eigenvalue weighted by atomic mass is 16.2. The number of rotatable bonds is 7. The van der Waals surface area contributed by atoms with Gasteiger partial charge in [0, 0.05) is 32.6 Å². The molecule has 0 bridgehead atoms. The molecule has 2 rings (SSSR count). The van der Waals surface area contributed by atoms with Gasteiger partial charge < -0.3 is 15.5 Å². The van der Waals surface area contributed by atoms with Crippen LogP contribution in [-0.4, -0.2) is 43.0 Å². The fraction of sp³-hybridized carbons (Fsp3) is 0.867. The van der Waals surface area contributed by atoms with Gasteiger partial charge in [0.2, 0.25) is 5.91 Å². The van der Waals surface area contributed by atoms with Crippen molar-refractivity contribution in [3.8, 4) is 0 Å². The summed E-state index contributed by atoms with van der Waals surface area (Å²) in [4.78, 5) is 24.9. The number of hydrogen-bond acceptors (Lipinski definition) is 2. The number of likely N-dealkylation sites (tertiary alicyclic amines) is 1. The molecule has 5 nitrogen and oxygen atoms in total. The first-order valence-electron chi connectivity index (χ1n) is 8.05. The molecule has 0 atom stereocenters. The predicted octanol–water partition coefficient (Wildman–Crippen LogP) is 1.88. The van der Waals surface area contributed by atoms with E-state index in [2.05, 4.69) is 10.6 Å². The second-order valence-electron chi connectivity index (χ2n) is 5.96. The Morgan fingerprint density at radius 2 is 1.90 bits per heavy atom. The second kappa shape index (κ2) is 8.12. The SMILES string of the molecule is O=C(NCCCN1CCCC1=O)NCCC1CCCC1. The largest absolute Gasteiger partial charge is 0.343 e. The topological polar surface area (TPSA) is 61.4 Å². The molecule has 5 heteroatoms. The normalized spacial score (nSPS) is 19.6. The first kappa shape index (κ1) is 15.1. The Bertz CT molecular complexity index is 327. The fourth-order valence-electron chi connectivity index (χ4n) is 3.16. The van der Waals surface area contributed by atoms with Crippen LogP contribution in [0.2, 0.25) is 0 Å². The zero-order chi connectivity index (χ0) is 14.2. The van der Waals surface area contributed by atoms with Crippen LogP contribution in [0.5, 0.6) is 0 Å². The van der Waals surface area contributed by atoms with Crippen LogP contribution in [0.15, 0.2) is 0 Å². The Labute approximate surface area is 121 Å². The van der Waals surface area contributed by atoms with Crippen molar-refractivity contribution >= 4 is 11.9 Å². The van der Waals surface area contributed by atoms with Crippen molar-refractivity contribution < 1.29 is 9.59 Å². The fourth-order valence-corrected chi connectivity index (χ4v) is 3.16. The molecular formula is C15H27N3O2. The van der Waals surface area contributed by atoms with Crippen LogP contribution in [0, 0.1) is 5.92 Å². The molecular weight excluding hydrogens is 254 g/mol. The molecule has 0 aromatic rings. The summed E-state index contributed by atoms with van der Waals surface area (Å²) in [5.41, 5.74) is 0. The van der Waals surface area contributed by atoms with Gasteiger partial charge in [-0.25, -0.2) is 4.79 Å². The molecule has 0 aromatic heterocycles. The van der Waals surface area contributed by atoms with Gasteiger partial charge in [-0.1, -0.05) is 25.7 Å². The van der Waals surface area contributed by atoms with E-state index in [9.17, 15) is 9.59 Å². The minimum atomic E-state index is -0.0734. The van der Waals surface area contributed by atoms with Crippen LogP contribution in [0.3, 0.4) is 0 Å². The molecule has 1 saturated carbocycles. The lowest BCUT2D eigenvalue weighted by molar-refractivity contribution is -0.127. The molecule has 2 aliphatic rings. The lowest BCUT2D eigenvalue weighted by Crippen LogP contribution is -2.38. The monoisotopic (exact) mass is 281 g/mol. The van der Waals surface area contributed by atoms with Gasteiger partial charge in [-0.2, -0.15) is 0 Å². The molecule has 114 valence electrons. The van der Waals surface area contributed by atoms with E-state index in [0.29, 0.717) is 13.0 Å². The van der Waals surface area contributed by atoms with E-state index in [1.807, 2.05) is 4.90 Å². The number of carbonyl (C=O) groups excluding carboxylic acids is 2. The lowest BCUT2D eigenvalue weighted by atomic mass is 10.0. The summed E-state index contributed by atoms with van der Waals surface area (Å²) in [7, 11) is 0. The lowest BCUT2D eigenvalue weighted by Gasteiger charge is -2.15. The molecule has 0 unspecified atom stereocenters. The van der Waals surface area contributed by atoms with Crippen molar-refractivity contribution in [3.63, 3.8) is 0 Å². The molecule has 2 fully saturated rings. The summed E-state index contributed by atoms with van der Waals surface area (Å²) in [5, 5.41) is 5.78. The highest BCUT2D eigenvalue weighted by Gasteiger charge is 2.19. The molecule has 3 amide bonds. The summed E-state index contributed by atoms with van der Waals surface area (Å²) >= 11 is 0. The number of nitrogens with zero attached hydrogens (tertiary/aromatic N) is 1. The second-order valence-corrected chi connectivity index (χ2v) is 5.96. The average Bonchev–Trinajstić information content (AvgIpc) is 3.07. The first-order chi connectivity index (χ1) is 9.75. The molecule has 2 N–H and O–H groups in total. The van der Waals surface area contributed by atoms with Crippen molar-refractivity contribution in [3.05, 3.63) is 0 Å². The van der Waals surface area contributed by atoms with Gasteiger partial charge in [0.25, 0.3) is 0 Å². The van der Waals surface area contributed by atoms with Gasteiger partial charge in [0.15, 0.2) is 0 Å². The maximum Gasteiger partial charge on any atom is 0.314 e. The summed E-state index contributed by atoms with van der Waals surface area (Å²) in [6.45, 7) is 3.06. The van der Waals surface area contributed by atoms with E-state index in [-0.39, 0.29) is 11.9 Å². The number of nitrogens with one attached hydrogen (secondary N) is 2. The highest BCUT2D eigenvalue weighted by Crippen LogP contribution is 2.26. The Kier molecular flexibility index (Phi) is 6.15. The molecule has 0 radical (unpaired) electrons. The van der Waals surface area contributed by atoms with Crippen molar-refractivity contribution in [2.45, 2.75) is 51.4 Å². The Morgan fingerprint density at radius 1 is 1.15 bits per heavy atom. The zero-order valence-corrected chi connectivity index (χ0v) is 12.3. The van der Waals surface area contributed by atoms with Gasteiger partial charge in [-0.3, -0.25) is 4.79 Å². The molecule has 1 aliphatic heterocycles. The maximum atomic E-state index is 11.6. The summed E-state index contributed by atoms with van der Waals surface area (Å²) in [6, 6.07) is -0.0734. The maximum absolute atomic E-state index is 11.6. The van der Waals surface area contributed by atoms with Crippen molar-refractivity contribution in [1.82, 2.24) is 15.5 Å². The van der Waals surface area contributed by atoms with E-state index in [4.69, 9.17) is 0 Å². The quantitative estimate of drug-likeness (QED) is 0.700. The molecule has 0 aromatic carbocycles. The minimum absolute atomic E-state index is 0.0734. The van der Waals surface area contributed by atoms with Crippen LogP contribution in [0.4, 0.5) is 4.79 Å². The third-order valence-corrected chi connectivity index (χ3v) is 4.37. The minimum Gasteiger partial charge on any atom is -0.343 e. The summed E-state index contributed by atoms with van der Waals surface area (Å²) in [6.07, 6.45) is 8.97. The van der Waals surface area contributed by atoms with Crippen molar-refractivity contribution in [1.29, 1.82) is 0 Å². The van der Waals surface area contributed by atoms with E-state index in [1.54, 1.807) is 0 Å². The smallest absolute Gasteiger partial charge is 0.314 e. The molecule has 1 heterocycles. The number of hydrogen-bond donors (Lipinski definition) is 2. The first-order valence-corrected chi connectivity index (χ1v) is 8.05. The zero-order valence-electron chi connectivity index (χ0n) is 12.3. The summed E-state index contributed by atoms with van der Waals surface area (Å²) < 4.78 is 0. The van der Waals surface area contributed by atoms with E-state index in [0.717, 1.165) is 44.8 Å². The van der Waals surface area contributed by atoms with Crippen LogP contribution >= 0.6 is 0 Å².